The van der Waals surface area contributed by atoms with Gasteiger partial charge in [0.25, 0.3) is 0 Å². The fourth-order valence-electron chi connectivity index (χ4n) is 1.20. The van der Waals surface area contributed by atoms with Crippen LogP contribution in [0.2, 0.25) is 0 Å². The van der Waals surface area contributed by atoms with Gasteiger partial charge in [0.15, 0.2) is 0 Å². The Labute approximate surface area is 97.3 Å². The van der Waals surface area contributed by atoms with Crippen LogP contribution >= 0.6 is 22.6 Å². The van der Waals surface area contributed by atoms with Gasteiger partial charge >= 0.3 is 0 Å². The molecule has 0 aliphatic rings. The molecule has 3 N–H and O–H groups in total. The Balaban J connectivity index is 2.68. The molecule has 0 amide bonds. The topological polar surface area (TPSA) is 52.5 Å². The molecule has 0 aromatic heterocycles. The molecule has 0 aliphatic carbocycles. The van der Waals surface area contributed by atoms with Gasteiger partial charge in [-0.3, -0.25) is 0 Å². The standard InChI is InChI=1S/C10H14INO2/c1-12-6-9(13)10(14)7-2-4-8(11)5-3-7/h2-5,9-10,12-14H,6H2,1H3. The molecule has 0 fully saturated rings. The number of likely N-dealkylation sites (N-methyl/N-ethyl adjacent to an activating group) is 1. The third-order valence-corrected chi connectivity index (χ3v) is 2.71. The van der Waals surface area contributed by atoms with E-state index >= 15 is 0 Å². The maximum absolute atomic E-state index is 9.72. The van der Waals surface area contributed by atoms with E-state index in [1.807, 2.05) is 24.3 Å². The number of benzene rings is 1. The summed E-state index contributed by atoms with van der Waals surface area (Å²) in [6.07, 6.45) is -1.58. The largest absolute Gasteiger partial charge is 0.389 e. The van der Waals surface area contributed by atoms with E-state index < -0.39 is 12.2 Å². The average Bonchev–Trinajstić information content (AvgIpc) is 2.18. The van der Waals surface area contributed by atoms with Crippen LogP contribution in [-0.2, 0) is 0 Å². The van der Waals surface area contributed by atoms with Crippen molar-refractivity contribution >= 4 is 22.6 Å². The molecular weight excluding hydrogens is 293 g/mol. The maximum Gasteiger partial charge on any atom is 0.106 e. The lowest BCUT2D eigenvalue weighted by Crippen LogP contribution is -2.29. The fourth-order valence-corrected chi connectivity index (χ4v) is 1.56. The fraction of sp³-hybridized carbons (Fsp3) is 0.400. The van der Waals surface area contributed by atoms with E-state index in [0.717, 1.165) is 9.13 Å². The summed E-state index contributed by atoms with van der Waals surface area (Å²) in [5.74, 6) is 0. The summed E-state index contributed by atoms with van der Waals surface area (Å²) in [7, 11) is 1.74. The smallest absolute Gasteiger partial charge is 0.106 e. The van der Waals surface area contributed by atoms with Crippen LogP contribution in [0.15, 0.2) is 24.3 Å². The van der Waals surface area contributed by atoms with Crippen molar-refractivity contribution in [2.75, 3.05) is 13.6 Å². The highest BCUT2D eigenvalue weighted by molar-refractivity contribution is 14.1. The molecule has 0 spiro atoms. The summed E-state index contributed by atoms with van der Waals surface area (Å²) in [4.78, 5) is 0. The van der Waals surface area contributed by atoms with Gasteiger partial charge in [-0.15, -0.1) is 0 Å². The van der Waals surface area contributed by atoms with Crippen molar-refractivity contribution in [3.63, 3.8) is 0 Å². The Hall–Kier alpha value is -0.170. The molecule has 3 nitrogen and oxygen atoms in total. The minimum Gasteiger partial charge on any atom is -0.389 e. The van der Waals surface area contributed by atoms with Crippen LogP contribution in [0, 0.1) is 3.57 Å². The molecule has 2 atom stereocenters. The van der Waals surface area contributed by atoms with E-state index in [9.17, 15) is 10.2 Å². The monoisotopic (exact) mass is 307 g/mol. The van der Waals surface area contributed by atoms with Gasteiger partial charge in [0.05, 0.1) is 6.10 Å². The van der Waals surface area contributed by atoms with Gasteiger partial charge in [-0.2, -0.15) is 0 Å². The molecule has 4 heteroatoms. The first kappa shape index (κ1) is 11.9. The number of aliphatic hydroxyl groups excluding tert-OH is 2. The van der Waals surface area contributed by atoms with E-state index in [-0.39, 0.29) is 0 Å². The zero-order valence-electron chi connectivity index (χ0n) is 7.94. The van der Waals surface area contributed by atoms with E-state index in [1.54, 1.807) is 7.05 Å². The van der Waals surface area contributed by atoms with Crippen LogP contribution in [0.4, 0.5) is 0 Å². The van der Waals surface area contributed by atoms with Crippen molar-refractivity contribution in [2.24, 2.45) is 0 Å². The molecule has 0 saturated carbocycles. The number of aliphatic hydroxyl groups is 2. The Morgan fingerprint density at radius 3 is 2.36 bits per heavy atom. The number of rotatable bonds is 4. The summed E-state index contributed by atoms with van der Waals surface area (Å²) in [5.41, 5.74) is 0.744. The minimum atomic E-state index is -0.820. The van der Waals surface area contributed by atoms with Gasteiger partial charge < -0.3 is 15.5 Å². The molecule has 1 aromatic carbocycles. The first-order chi connectivity index (χ1) is 6.65. The molecule has 1 rings (SSSR count). The van der Waals surface area contributed by atoms with E-state index in [0.29, 0.717) is 6.54 Å². The maximum atomic E-state index is 9.72. The van der Waals surface area contributed by atoms with Crippen molar-refractivity contribution in [2.45, 2.75) is 12.2 Å². The second-order valence-electron chi connectivity index (χ2n) is 3.12. The first-order valence-electron chi connectivity index (χ1n) is 4.41. The van der Waals surface area contributed by atoms with Crippen molar-refractivity contribution in [3.8, 4) is 0 Å². The Morgan fingerprint density at radius 2 is 1.86 bits per heavy atom. The lowest BCUT2D eigenvalue weighted by molar-refractivity contribution is 0.0202. The van der Waals surface area contributed by atoms with Gasteiger partial charge in [0.2, 0.25) is 0 Å². The van der Waals surface area contributed by atoms with Crippen molar-refractivity contribution in [3.05, 3.63) is 33.4 Å². The second-order valence-corrected chi connectivity index (χ2v) is 4.37. The highest BCUT2D eigenvalue weighted by Gasteiger charge is 2.16. The molecule has 78 valence electrons. The molecule has 0 heterocycles. The zero-order chi connectivity index (χ0) is 10.6. The van der Waals surface area contributed by atoms with Crippen LogP contribution in [0.25, 0.3) is 0 Å². The second kappa shape index (κ2) is 5.65. The zero-order valence-corrected chi connectivity index (χ0v) is 10.1. The summed E-state index contributed by atoms with van der Waals surface area (Å²) in [6.45, 7) is 0.382. The van der Waals surface area contributed by atoms with Crippen molar-refractivity contribution in [1.82, 2.24) is 5.32 Å². The van der Waals surface area contributed by atoms with Gasteiger partial charge in [-0.05, 0) is 47.3 Å². The van der Waals surface area contributed by atoms with E-state index in [2.05, 4.69) is 27.9 Å². The molecule has 2 unspecified atom stereocenters. The summed E-state index contributed by atoms with van der Waals surface area (Å²) < 4.78 is 1.11. The van der Waals surface area contributed by atoms with Gasteiger partial charge in [0, 0.05) is 10.1 Å². The predicted octanol–water partition coefficient (Wildman–Crippen LogP) is 0.905. The van der Waals surface area contributed by atoms with Crippen LogP contribution in [-0.4, -0.2) is 29.9 Å². The normalized spacial score (nSPS) is 15.1. The number of hydrogen-bond donors (Lipinski definition) is 3. The lowest BCUT2D eigenvalue weighted by Gasteiger charge is -2.17. The summed E-state index contributed by atoms with van der Waals surface area (Å²) in [5, 5.41) is 22.1. The Bertz CT molecular complexity index is 276. The SMILES string of the molecule is CNCC(O)C(O)c1ccc(I)cc1. The number of nitrogens with one attached hydrogen (secondary N) is 1. The third-order valence-electron chi connectivity index (χ3n) is 1.99. The Kier molecular flexibility index (Phi) is 4.80. The van der Waals surface area contributed by atoms with E-state index in [4.69, 9.17) is 0 Å². The molecule has 0 saturated heterocycles. The average molecular weight is 307 g/mol. The van der Waals surface area contributed by atoms with Crippen molar-refractivity contribution < 1.29 is 10.2 Å². The first-order valence-corrected chi connectivity index (χ1v) is 5.49. The highest BCUT2D eigenvalue weighted by atomic mass is 127. The summed E-state index contributed by atoms with van der Waals surface area (Å²) in [6, 6.07) is 7.47. The number of halogens is 1. The lowest BCUT2D eigenvalue weighted by atomic mass is 10.0. The van der Waals surface area contributed by atoms with Crippen LogP contribution in [0.1, 0.15) is 11.7 Å². The third kappa shape index (κ3) is 3.20. The Morgan fingerprint density at radius 1 is 1.29 bits per heavy atom. The predicted molar refractivity (Wildman–Crippen MR) is 64.1 cm³/mol. The molecule has 14 heavy (non-hydrogen) atoms. The number of hydrogen-bond acceptors (Lipinski definition) is 3. The molecule has 0 bridgehead atoms. The molecule has 0 radical (unpaired) electrons. The van der Waals surface area contributed by atoms with Crippen LogP contribution in [0.3, 0.4) is 0 Å². The van der Waals surface area contributed by atoms with E-state index in [1.165, 1.54) is 0 Å². The minimum absolute atomic E-state index is 0.382. The van der Waals surface area contributed by atoms with Crippen LogP contribution < -0.4 is 5.32 Å². The quantitative estimate of drug-likeness (QED) is 0.725. The molecule has 1 aromatic rings. The van der Waals surface area contributed by atoms with Gasteiger partial charge in [-0.1, -0.05) is 12.1 Å². The highest BCUT2D eigenvalue weighted by Crippen LogP contribution is 2.17. The van der Waals surface area contributed by atoms with Gasteiger partial charge in [-0.25, -0.2) is 0 Å². The van der Waals surface area contributed by atoms with Crippen molar-refractivity contribution in [1.29, 1.82) is 0 Å². The molecule has 0 aliphatic heterocycles. The summed E-state index contributed by atoms with van der Waals surface area (Å²) >= 11 is 2.20. The van der Waals surface area contributed by atoms with Crippen LogP contribution in [0.5, 0.6) is 0 Å². The molecular formula is C10H14INO2. The van der Waals surface area contributed by atoms with Gasteiger partial charge in [0.1, 0.15) is 6.10 Å².